The van der Waals surface area contributed by atoms with Gasteiger partial charge in [-0.05, 0) is 103 Å². The minimum atomic E-state index is -1.55. The number of nitrogens with one attached hydrogen (secondary N) is 1. The van der Waals surface area contributed by atoms with Crippen LogP contribution in [0.4, 0.5) is 9.59 Å². The minimum Gasteiger partial charge on any atom is -0.493 e. The van der Waals surface area contributed by atoms with Crippen molar-refractivity contribution < 1.29 is 66.5 Å². The highest BCUT2D eigenvalue weighted by molar-refractivity contribution is 7.99. The number of carbonyl (C=O) groups is 4. The zero-order valence-corrected chi connectivity index (χ0v) is 42.7. The summed E-state index contributed by atoms with van der Waals surface area (Å²) in [4.78, 5) is 60.5. The van der Waals surface area contributed by atoms with Gasteiger partial charge in [0.2, 0.25) is 6.79 Å². The molecular formula is C52H60N4O14S. The predicted molar refractivity (Wildman–Crippen MR) is 258 cm³/mol. The molecular weight excluding hydrogens is 937 g/mol. The molecule has 4 bridgehead atoms. The molecule has 18 nitrogen and oxygen atoms in total. The fourth-order valence-electron chi connectivity index (χ4n) is 11.2. The Morgan fingerprint density at radius 3 is 2.32 bits per heavy atom. The average molecular weight is 997 g/mol. The average Bonchev–Trinajstić information content (AvgIpc) is 3.79. The van der Waals surface area contributed by atoms with Crippen LogP contribution in [0, 0.1) is 25.2 Å². The fourth-order valence-corrected chi connectivity index (χ4v) is 12.9. The number of rotatable bonds is 7. The van der Waals surface area contributed by atoms with Crippen molar-refractivity contribution in [3.05, 3.63) is 75.4 Å². The third kappa shape index (κ3) is 8.40. The molecule has 7 aliphatic heterocycles. The van der Waals surface area contributed by atoms with Crippen LogP contribution in [0.1, 0.15) is 110 Å². The number of hydrogen-bond acceptors (Lipinski definition) is 18. The molecule has 3 aromatic rings. The van der Waals surface area contributed by atoms with Gasteiger partial charge in [-0.25, -0.2) is 14.4 Å². The number of amides is 1. The van der Waals surface area contributed by atoms with Gasteiger partial charge in [-0.15, -0.1) is 11.8 Å². The Morgan fingerprint density at radius 1 is 0.930 bits per heavy atom. The maximum atomic E-state index is 15.3. The summed E-state index contributed by atoms with van der Waals surface area (Å²) in [5.74, 6) is 0.890. The van der Waals surface area contributed by atoms with Gasteiger partial charge in [0.1, 0.15) is 36.2 Å². The van der Waals surface area contributed by atoms with Gasteiger partial charge < -0.3 is 47.4 Å². The lowest BCUT2D eigenvalue weighted by Gasteiger charge is -2.62. The predicted octanol–water partition coefficient (Wildman–Crippen LogP) is 7.76. The number of esters is 2. The fraction of sp³-hybridized carbons (Fsp3) is 0.519. The van der Waals surface area contributed by atoms with E-state index in [2.05, 4.69) is 22.9 Å². The van der Waals surface area contributed by atoms with E-state index in [9.17, 15) is 14.9 Å². The Bertz CT molecular complexity index is 2780. The lowest BCUT2D eigenvalue weighted by atomic mass is 9.71. The molecule has 1 unspecified atom stereocenters. The van der Waals surface area contributed by atoms with Crippen LogP contribution in [-0.4, -0.2) is 110 Å². The lowest BCUT2D eigenvalue weighted by Crippen LogP contribution is -2.71. The Hall–Kier alpha value is -6.36. The van der Waals surface area contributed by atoms with Crippen molar-refractivity contribution in [3.63, 3.8) is 0 Å². The summed E-state index contributed by atoms with van der Waals surface area (Å²) in [6.07, 6.45) is 0.734. The Morgan fingerprint density at radius 2 is 1.66 bits per heavy atom. The summed E-state index contributed by atoms with van der Waals surface area (Å²) in [6.45, 7) is 19.5. The van der Waals surface area contributed by atoms with Gasteiger partial charge >= 0.3 is 24.2 Å². The number of carbonyl (C=O) groups excluding carboxylic acids is 4. The number of nitrogens with zero attached hydrogens (tertiary/aromatic N) is 3. The van der Waals surface area contributed by atoms with Crippen LogP contribution in [-0.2, 0) is 42.2 Å². The molecule has 378 valence electrons. The molecule has 7 atom stereocenters. The molecule has 1 N–H and O–H groups in total. The number of methoxy groups -OCH3 is 2. The Labute approximate surface area is 417 Å². The van der Waals surface area contributed by atoms with Crippen LogP contribution in [0.2, 0.25) is 0 Å². The van der Waals surface area contributed by atoms with Crippen molar-refractivity contribution in [3.8, 4) is 46.3 Å². The molecule has 1 amide bonds. The van der Waals surface area contributed by atoms with Crippen LogP contribution in [0.3, 0.4) is 0 Å². The number of thioether (sulfide) groups is 1. The highest BCUT2D eigenvalue weighted by Crippen LogP contribution is 2.65. The number of aryl methyl sites for hydroxylation is 1. The van der Waals surface area contributed by atoms with Crippen LogP contribution in [0.15, 0.2) is 30.9 Å². The Kier molecular flexibility index (Phi) is 12.8. The smallest absolute Gasteiger partial charge is 0.493 e. The first-order valence-electron chi connectivity index (χ1n) is 23.6. The monoisotopic (exact) mass is 996 g/mol. The summed E-state index contributed by atoms with van der Waals surface area (Å²) in [6, 6.07) is 3.44. The summed E-state index contributed by atoms with van der Waals surface area (Å²) in [5.41, 5.74) is 1.79. The second-order valence-corrected chi connectivity index (χ2v) is 21.6. The van der Waals surface area contributed by atoms with Crippen molar-refractivity contribution in [1.29, 1.82) is 5.26 Å². The van der Waals surface area contributed by atoms with Crippen molar-refractivity contribution in [2.45, 2.75) is 127 Å². The molecule has 2 fully saturated rings. The number of piperazine rings is 1. The van der Waals surface area contributed by atoms with Crippen LogP contribution >= 0.6 is 11.8 Å². The first kappa shape index (κ1) is 49.6. The van der Waals surface area contributed by atoms with E-state index >= 15 is 9.59 Å². The summed E-state index contributed by atoms with van der Waals surface area (Å²) in [5, 5.41) is 14.3. The first-order valence-corrected chi connectivity index (χ1v) is 24.6. The molecule has 0 radical (unpaired) electrons. The van der Waals surface area contributed by atoms with E-state index in [0.29, 0.717) is 69.3 Å². The van der Waals surface area contributed by atoms with Crippen molar-refractivity contribution >= 4 is 35.9 Å². The number of benzene rings is 3. The van der Waals surface area contributed by atoms with E-state index in [4.69, 9.17) is 47.4 Å². The highest BCUT2D eigenvalue weighted by Gasteiger charge is 2.64. The Balaban J connectivity index is 1.32. The highest BCUT2D eigenvalue weighted by atomic mass is 32.2. The molecule has 0 saturated carbocycles. The number of nitriles is 1. The van der Waals surface area contributed by atoms with Crippen LogP contribution < -0.4 is 38.5 Å². The number of hydrogen-bond donors (Lipinski definition) is 1. The van der Waals surface area contributed by atoms with Gasteiger partial charge in [0.15, 0.2) is 40.0 Å². The SMILES string of the molecule is C=CCOc1c(OC)c(C)cc2c1[C@@H]1C3[C@@H]4SC[C@]5(NCCc6cc(OC(=O)OC(C)(C)C)c(OC)cc65)C(=O)OC[C@H](c5c6c(c(C)c(OC(C)=O)c54)OCO6)N3[C@@H](C#N)[C@H](C2)N1C(=O)OC(C)(C)C. The topological polar surface area (TPSA) is 203 Å². The standard InChI is InChI=1S/C52H60N4O14S/c1-13-16-63-44-36-29(17-25(2)41(44)62-12)18-31-32(21-53)55-33-22-64-47(58)52(30-20-34(61-11)35(19-28(30)14-15-54-52)68-49(60)70-51(8,9)10)23-71-46(40(55)39(36)56(31)48(59)69-50(5,6)7)38-37(33)45-43(65-24-66-45)26(3)42(38)67-27(4)57/h13,17,19-20,31-33,39-40,46,54H,1,14-16,18,22-24H2,2-12H3/t31-,32-,33+,39+,40?,46+,52+/m0/s1. The van der Waals surface area contributed by atoms with Crippen molar-refractivity contribution in [1.82, 2.24) is 15.1 Å². The van der Waals surface area contributed by atoms with E-state index in [-0.39, 0.29) is 49.4 Å². The van der Waals surface area contributed by atoms with E-state index in [1.165, 1.54) is 25.8 Å². The molecule has 0 aromatic heterocycles. The summed E-state index contributed by atoms with van der Waals surface area (Å²) >= 11 is 1.37. The van der Waals surface area contributed by atoms with Crippen LogP contribution in [0.5, 0.6) is 40.2 Å². The second kappa shape index (κ2) is 18.4. The molecule has 19 heteroatoms. The maximum Gasteiger partial charge on any atom is 0.514 e. The third-order valence-corrected chi connectivity index (χ3v) is 15.1. The zero-order chi connectivity index (χ0) is 51.1. The molecule has 0 aliphatic carbocycles. The summed E-state index contributed by atoms with van der Waals surface area (Å²) < 4.78 is 61.2. The quantitative estimate of drug-likeness (QED) is 0.0790. The molecule has 10 rings (SSSR count). The molecule has 3 aromatic carbocycles. The second-order valence-electron chi connectivity index (χ2n) is 20.4. The normalized spacial score (nSPS) is 25.0. The molecule has 2 saturated heterocycles. The van der Waals surface area contributed by atoms with Gasteiger partial charge in [-0.2, -0.15) is 5.26 Å². The van der Waals surface area contributed by atoms with Gasteiger partial charge in [0.05, 0.1) is 49.7 Å². The first-order chi connectivity index (χ1) is 33.7. The summed E-state index contributed by atoms with van der Waals surface area (Å²) in [7, 11) is 2.99. The molecule has 7 aliphatic rings. The van der Waals surface area contributed by atoms with Crippen molar-refractivity contribution in [2.75, 3.05) is 46.5 Å². The number of fused-ring (bicyclic) bond motifs is 9. The molecule has 1 spiro atoms. The van der Waals surface area contributed by atoms with Gasteiger partial charge in [-0.1, -0.05) is 18.7 Å². The largest absolute Gasteiger partial charge is 0.514 e. The molecule has 7 heterocycles. The maximum absolute atomic E-state index is 15.3. The zero-order valence-electron chi connectivity index (χ0n) is 41.9. The lowest BCUT2D eigenvalue weighted by molar-refractivity contribution is -0.157. The third-order valence-electron chi connectivity index (χ3n) is 13.6. The van der Waals surface area contributed by atoms with Gasteiger partial charge in [0.25, 0.3) is 0 Å². The minimum absolute atomic E-state index is 0.00985. The van der Waals surface area contributed by atoms with E-state index in [0.717, 1.165) is 11.1 Å². The molecule has 71 heavy (non-hydrogen) atoms. The van der Waals surface area contributed by atoms with E-state index in [1.807, 2.05) is 13.0 Å². The van der Waals surface area contributed by atoms with E-state index < -0.39 is 76.4 Å². The van der Waals surface area contributed by atoms with E-state index in [1.54, 1.807) is 78.7 Å². The van der Waals surface area contributed by atoms with Gasteiger partial charge in [-0.3, -0.25) is 19.9 Å². The van der Waals surface area contributed by atoms with Crippen LogP contribution in [0.25, 0.3) is 0 Å². The van der Waals surface area contributed by atoms with Crippen molar-refractivity contribution in [2.24, 2.45) is 0 Å². The number of ether oxygens (including phenoxy) is 10. The van der Waals surface area contributed by atoms with Gasteiger partial charge in [0, 0.05) is 41.5 Å².